The number of benzene rings is 2. The Morgan fingerprint density at radius 3 is 2.58 bits per heavy atom. The Hall–Kier alpha value is -2.81. The molecule has 2 N–H and O–H groups in total. The van der Waals surface area contributed by atoms with Crippen LogP contribution in [0.1, 0.15) is 24.6 Å². The molecule has 3 aromatic rings. The molecule has 1 saturated heterocycles. The molecule has 0 saturated carbocycles. The van der Waals surface area contributed by atoms with Gasteiger partial charge in [0.15, 0.2) is 5.96 Å². The number of aromatic nitrogens is 1. The van der Waals surface area contributed by atoms with E-state index in [1.165, 1.54) is 5.69 Å². The Morgan fingerprint density at radius 2 is 1.85 bits per heavy atom. The van der Waals surface area contributed by atoms with Gasteiger partial charge in [0, 0.05) is 37.6 Å². The van der Waals surface area contributed by atoms with Gasteiger partial charge in [-0.2, -0.15) is 0 Å². The van der Waals surface area contributed by atoms with Crippen molar-refractivity contribution in [2.75, 3.05) is 24.5 Å². The molecule has 0 bridgehead atoms. The van der Waals surface area contributed by atoms with Crippen LogP contribution >= 0.6 is 24.0 Å². The summed E-state index contributed by atoms with van der Waals surface area (Å²) in [6, 6.07) is 24.9. The highest BCUT2D eigenvalue weighted by Gasteiger charge is 2.23. The number of hydrogen-bond donors (Lipinski definition) is 2. The fraction of sp³-hybridized carbons (Fsp3) is 0.308. The number of guanidine groups is 1. The van der Waals surface area contributed by atoms with E-state index in [9.17, 15) is 0 Å². The zero-order valence-electron chi connectivity index (χ0n) is 19.0. The van der Waals surface area contributed by atoms with Gasteiger partial charge in [0.25, 0.3) is 0 Å². The first-order chi connectivity index (χ1) is 15.8. The number of nitrogens with zero attached hydrogens (tertiary/aromatic N) is 3. The molecule has 0 spiro atoms. The monoisotopic (exact) mass is 557 g/mol. The fourth-order valence-electron chi connectivity index (χ4n) is 3.77. The smallest absolute Gasteiger partial charge is 0.191 e. The van der Waals surface area contributed by atoms with Gasteiger partial charge in [0.2, 0.25) is 0 Å². The van der Waals surface area contributed by atoms with E-state index in [0.29, 0.717) is 19.2 Å². The number of aliphatic imine (C=N–C) groups is 1. The quantitative estimate of drug-likeness (QED) is 0.241. The van der Waals surface area contributed by atoms with E-state index in [1.54, 1.807) is 6.20 Å². The van der Waals surface area contributed by atoms with Gasteiger partial charge < -0.3 is 20.3 Å². The molecule has 0 aliphatic carbocycles. The normalized spacial score (nSPS) is 15.6. The van der Waals surface area contributed by atoms with E-state index in [0.717, 1.165) is 49.0 Å². The molecule has 4 rings (SSSR count). The minimum absolute atomic E-state index is 0. The zero-order valence-corrected chi connectivity index (χ0v) is 21.3. The van der Waals surface area contributed by atoms with Crippen molar-refractivity contribution < 1.29 is 4.74 Å². The number of hydrogen-bond acceptors (Lipinski definition) is 4. The number of ether oxygens (including phenoxy) is 1. The Labute approximate surface area is 213 Å². The summed E-state index contributed by atoms with van der Waals surface area (Å²) in [7, 11) is 0. The number of nitrogens with one attached hydrogen (secondary N) is 2. The maximum absolute atomic E-state index is 5.82. The molecule has 174 valence electrons. The Morgan fingerprint density at radius 1 is 1.06 bits per heavy atom. The van der Waals surface area contributed by atoms with E-state index in [-0.39, 0.29) is 24.0 Å². The molecule has 7 heteroatoms. The third-order valence-electron chi connectivity index (χ3n) is 5.45. The first kappa shape index (κ1) is 24.8. The van der Waals surface area contributed by atoms with Crippen LogP contribution in [0.5, 0.6) is 5.75 Å². The molecule has 0 radical (unpaired) electrons. The number of para-hydroxylation sites is 1. The second-order valence-electron chi connectivity index (χ2n) is 7.86. The van der Waals surface area contributed by atoms with Crippen LogP contribution in [-0.4, -0.2) is 36.6 Å². The first-order valence-corrected chi connectivity index (χ1v) is 11.3. The molecule has 1 aromatic heterocycles. The van der Waals surface area contributed by atoms with Gasteiger partial charge in [-0.3, -0.25) is 4.98 Å². The number of halogens is 1. The van der Waals surface area contributed by atoms with E-state index >= 15 is 0 Å². The molecular weight excluding hydrogens is 525 g/mol. The van der Waals surface area contributed by atoms with Crippen molar-refractivity contribution >= 4 is 35.6 Å². The highest BCUT2D eigenvalue weighted by Crippen LogP contribution is 2.19. The lowest BCUT2D eigenvalue weighted by atomic mass is 10.2. The molecule has 1 unspecified atom stereocenters. The van der Waals surface area contributed by atoms with Crippen molar-refractivity contribution in [2.45, 2.75) is 32.5 Å². The van der Waals surface area contributed by atoms with Gasteiger partial charge in [-0.15, -0.1) is 24.0 Å². The second kappa shape index (κ2) is 13.0. The molecule has 1 aliphatic heterocycles. The topological polar surface area (TPSA) is 61.8 Å². The predicted molar refractivity (Wildman–Crippen MR) is 145 cm³/mol. The average Bonchev–Trinajstić information content (AvgIpc) is 3.32. The molecule has 1 aliphatic rings. The highest BCUT2D eigenvalue weighted by molar-refractivity contribution is 14.0. The Kier molecular flexibility index (Phi) is 9.80. The van der Waals surface area contributed by atoms with Crippen molar-refractivity contribution in [3.05, 3.63) is 90.3 Å². The summed E-state index contributed by atoms with van der Waals surface area (Å²) in [6.07, 6.45) is 2.88. The van der Waals surface area contributed by atoms with Crippen LogP contribution in [0.15, 0.2) is 84.0 Å². The molecule has 6 nitrogen and oxygen atoms in total. The maximum atomic E-state index is 5.82. The van der Waals surface area contributed by atoms with Crippen LogP contribution in [0, 0.1) is 0 Å². The molecule has 0 amide bonds. The average molecular weight is 557 g/mol. The molecular formula is C26H32IN5O. The van der Waals surface area contributed by atoms with Crippen molar-refractivity contribution in [1.82, 2.24) is 15.6 Å². The lowest BCUT2D eigenvalue weighted by Crippen LogP contribution is -2.44. The fourth-order valence-corrected chi connectivity index (χ4v) is 3.77. The SMILES string of the molecule is CCNC(=NCc1ccc(OCc2ccccn2)cc1)NC1CCN(c2ccccc2)C1.I. The van der Waals surface area contributed by atoms with Crippen LogP contribution in [0.2, 0.25) is 0 Å². The van der Waals surface area contributed by atoms with Crippen molar-refractivity contribution in [2.24, 2.45) is 4.99 Å². The van der Waals surface area contributed by atoms with E-state index in [1.807, 2.05) is 30.3 Å². The Balaban J connectivity index is 0.00000306. The van der Waals surface area contributed by atoms with Crippen molar-refractivity contribution in [3.63, 3.8) is 0 Å². The van der Waals surface area contributed by atoms with Gasteiger partial charge in [-0.05, 0) is 55.3 Å². The number of rotatable bonds is 8. The summed E-state index contributed by atoms with van der Waals surface area (Å²) in [4.78, 5) is 11.5. The van der Waals surface area contributed by atoms with Gasteiger partial charge in [0.05, 0.1) is 12.2 Å². The second-order valence-corrected chi connectivity index (χ2v) is 7.86. The van der Waals surface area contributed by atoms with Gasteiger partial charge in [-0.1, -0.05) is 36.4 Å². The van der Waals surface area contributed by atoms with Gasteiger partial charge >= 0.3 is 0 Å². The highest BCUT2D eigenvalue weighted by atomic mass is 127. The molecule has 2 aromatic carbocycles. The third-order valence-corrected chi connectivity index (χ3v) is 5.45. The molecule has 2 heterocycles. The summed E-state index contributed by atoms with van der Waals surface area (Å²) in [5.74, 6) is 1.70. The third kappa shape index (κ3) is 7.63. The summed E-state index contributed by atoms with van der Waals surface area (Å²) in [5, 5.41) is 6.98. The van der Waals surface area contributed by atoms with Crippen LogP contribution in [0.4, 0.5) is 5.69 Å². The molecule has 33 heavy (non-hydrogen) atoms. The zero-order chi connectivity index (χ0) is 22.0. The number of pyridine rings is 1. The number of anilines is 1. The maximum Gasteiger partial charge on any atom is 0.191 e. The molecule has 1 fully saturated rings. The van der Waals surface area contributed by atoms with E-state index in [4.69, 9.17) is 9.73 Å². The minimum atomic E-state index is 0. The first-order valence-electron chi connectivity index (χ1n) is 11.3. The summed E-state index contributed by atoms with van der Waals surface area (Å²) in [5.41, 5.74) is 3.34. The van der Waals surface area contributed by atoms with Crippen molar-refractivity contribution in [3.8, 4) is 5.75 Å². The Bertz CT molecular complexity index is 983. The van der Waals surface area contributed by atoms with Crippen LogP contribution in [-0.2, 0) is 13.2 Å². The van der Waals surface area contributed by atoms with Gasteiger partial charge in [-0.25, -0.2) is 4.99 Å². The van der Waals surface area contributed by atoms with Gasteiger partial charge in [0.1, 0.15) is 12.4 Å². The summed E-state index contributed by atoms with van der Waals surface area (Å²) in [6.45, 7) is 6.05. The predicted octanol–water partition coefficient (Wildman–Crippen LogP) is 4.61. The standard InChI is InChI=1S/C26H31N5O.HI/c1-2-27-26(30-22-15-17-31(19-22)24-9-4-3-5-10-24)29-18-21-11-13-25(14-12-21)32-20-23-8-6-7-16-28-23;/h3-14,16,22H,2,15,17-20H2,1H3,(H2,27,29,30);1H. The van der Waals surface area contributed by atoms with E-state index < -0.39 is 0 Å². The minimum Gasteiger partial charge on any atom is -0.487 e. The van der Waals surface area contributed by atoms with Crippen LogP contribution in [0.3, 0.4) is 0 Å². The lowest BCUT2D eigenvalue weighted by molar-refractivity contribution is 0.301. The lowest BCUT2D eigenvalue weighted by Gasteiger charge is -2.20. The summed E-state index contributed by atoms with van der Waals surface area (Å²) >= 11 is 0. The van der Waals surface area contributed by atoms with Crippen molar-refractivity contribution in [1.29, 1.82) is 0 Å². The van der Waals surface area contributed by atoms with E-state index in [2.05, 4.69) is 69.9 Å². The van der Waals surface area contributed by atoms with Crippen LogP contribution < -0.4 is 20.3 Å². The van der Waals surface area contributed by atoms with Crippen LogP contribution in [0.25, 0.3) is 0 Å². The largest absolute Gasteiger partial charge is 0.487 e. The molecule has 1 atom stereocenters. The summed E-state index contributed by atoms with van der Waals surface area (Å²) < 4.78 is 5.82.